The second-order valence-corrected chi connectivity index (χ2v) is 10.5. The summed E-state index contributed by atoms with van der Waals surface area (Å²) in [4.78, 5) is 5.66. The molecule has 1 heterocycles. The van der Waals surface area contributed by atoms with E-state index in [0.29, 0.717) is 6.17 Å². The predicted molar refractivity (Wildman–Crippen MR) is 120 cm³/mol. The SMILES string of the molecule is CC1=C(C2CCCCC2)N(C2CCCC2)C(C(C)(C)C)N1c1ccccc1C. The molecule has 1 aromatic carbocycles. The average molecular weight is 381 g/mol. The Morgan fingerprint density at radius 1 is 0.821 bits per heavy atom. The van der Waals surface area contributed by atoms with Gasteiger partial charge in [-0.25, -0.2) is 0 Å². The number of allylic oxidation sites excluding steroid dienone is 2. The van der Waals surface area contributed by atoms with E-state index in [-0.39, 0.29) is 5.41 Å². The zero-order chi connectivity index (χ0) is 19.9. The minimum absolute atomic E-state index is 0.197. The van der Waals surface area contributed by atoms with Gasteiger partial charge >= 0.3 is 0 Å². The lowest BCUT2D eigenvalue weighted by atomic mass is 9.84. The molecule has 2 saturated carbocycles. The van der Waals surface area contributed by atoms with Gasteiger partial charge in [0.2, 0.25) is 0 Å². The first-order chi connectivity index (χ1) is 13.4. The summed E-state index contributed by atoms with van der Waals surface area (Å²) >= 11 is 0. The van der Waals surface area contributed by atoms with E-state index in [1.54, 1.807) is 5.70 Å². The van der Waals surface area contributed by atoms with Crippen molar-refractivity contribution in [1.29, 1.82) is 0 Å². The van der Waals surface area contributed by atoms with Gasteiger partial charge in [-0.05, 0) is 51.2 Å². The highest BCUT2D eigenvalue weighted by molar-refractivity contribution is 5.61. The number of aryl methyl sites for hydroxylation is 1. The number of rotatable bonds is 3. The van der Waals surface area contributed by atoms with Crippen molar-refractivity contribution in [3.8, 4) is 0 Å². The molecule has 0 amide bonds. The molecule has 0 N–H and O–H groups in total. The fourth-order valence-corrected chi connectivity index (χ4v) is 6.16. The van der Waals surface area contributed by atoms with Crippen molar-refractivity contribution in [2.75, 3.05) is 4.90 Å². The summed E-state index contributed by atoms with van der Waals surface area (Å²) in [7, 11) is 0. The van der Waals surface area contributed by atoms with Crippen LogP contribution in [0.4, 0.5) is 5.69 Å². The molecule has 0 aromatic heterocycles. The Bertz CT molecular complexity index is 714. The van der Waals surface area contributed by atoms with Crippen molar-refractivity contribution in [3.63, 3.8) is 0 Å². The molecule has 0 spiro atoms. The largest absolute Gasteiger partial charge is 0.349 e. The lowest BCUT2D eigenvalue weighted by Gasteiger charge is -2.47. The van der Waals surface area contributed by atoms with Gasteiger partial charge in [0.25, 0.3) is 0 Å². The van der Waals surface area contributed by atoms with Gasteiger partial charge in [-0.1, -0.05) is 71.1 Å². The molecule has 28 heavy (non-hydrogen) atoms. The van der Waals surface area contributed by atoms with Gasteiger partial charge in [0.15, 0.2) is 0 Å². The van der Waals surface area contributed by atoms with Crippen molar-refractivity contribution in [1.82, 2.24) is 4.90 Å². The fourth-order valence-electron chi connectivity index (χ4n) is 6.16. The first kappa shape index (κ1) is 19.9. The molecule has 2 aliphatic carbocycles. The Morgan fingerprint density at radius 2 is 1.43 bits per heavy atom. The minimum Gasteiger partial charge on any atom is -0.349 e. The Morgan fingerprint density at radius 3 is 2.04 bits per heavy atom. The highest BCUT2D eigenvalue weighted by Gasteiger charge is 2.48. The maximum Gasteiger partial charge on any atom is 0.111 e. The number of para-hydroxylation sites is 1. The zero-order valence-corrected chi connectivity index (χ0v) is 18.8. The number of anilines is 1. The molecule has 1 aliphatic heterocycles. The van der Waals surface area contributed by atoms with Crippen LogP contribution in [0, 0.1) is 18.3 Å². The normalized spacial score (nSPS) is 25.2. The van der Waals surface area contributed by atoms with E-state index >= 15 is 0 Å². The van der Waals surface area contributed by atoms with Gasteiger partial charge in [0.1, 0.15) is 6.17 Å². The van der Waals surface area contributed by atoms with Crippen molar-refractivity contribution in [2.24, 2.45) is 11.3 Å². The maximum atomic E-state index is 2.94. The molecule has 2 heteroatoms. The van der Waals surface area contributed by atoms with E-state index in [1.165, 1.54) is 74.7 Å². The number of hydrogen-bond donors (Lipinski definition) is 0. The lowest BCUT2D eigenvalue weighted by molar-refractivity contribution is 0.0971. The number of nitrogens with zero attached hydrogens (tertiary/aromatic N) is 2. The monoisotopic (exact) mass is 380 g/mol. The van der Waals surface area contributed by atoms with Crippen LogP contribution in [0.2, 0.25) is 0 Å². The van der Waals surface area contributed by atoms with Gasteiger partial charge in [-0.15, -0.1) is 0 Å². The van der Waals surface area contributed by atoms with Crippen molar-refractivity contribution in [2.45, 2.75) is 105 Å². The molecule has 1 aromatic rings. The van der Waals surface area contributed by atoms with Crippen LogP contribution in [0.25, 0.3) is 0 Å². The third kappa shape index (κ3) is 3.48. The quantitative estimate of drug-likeness (QED) is 0.545. The number of hydrogen-bond acceptors (Lipinski definition) is 2. The summed E-state index contributed by atoms with van der Waals surface area (Å²) in [6, 6.07) is 9.74. The van der Waals surface area contributed by atoms with Crippen LogP contribution in [0.1, 0.15) is 91.0 Å². The highest BCUT2D eigenvalue weighted by Crippen LogP contribution is 2.49. The van der Waals surface area contributed by atoms with E-state index < -0.39 is 0 Å². The van der Waals surface area contributed by atoms with E-state index in [1.807, 2.05) is 0 Å². The van der Waals surface area contributed by atoms with Crippen LogP contribution in [-0.4, -0.2) is 17.1 Å². The molecule has 154 valence electrons. The van der Waals surface area contributed by atoms with Gasteiger partial charge in [0.05, 0.1) is 0 Å². The van der Waals surface area contributed by atoms with Crippen molar-refractivity contribution < 1.29 is 0 Å². The standard InChI is InChI=1S/C26H40N2/c1-19-13-9-12-18-23(19)27-20(2)24(21-14-7-6-8-15-21)28(22-16-10-11-17-22)25(27)26(3,4)5/h9,12-13,18,21-22,25H,6-8,10-11,14-17H2,1-5H3. The Hall–Kier alpha value is -1.44. The highest BCUT2D eigenvalue weighted by atomic mass is 15.4. The number of benzene rings is 1. The molecule has 1 atom stereocenters. The average Bonchev–Trinajstić information content (AvgIpc) is 3.28. The third-order valence-electron chi connectivity index (χ3n) is 7.38. The van der Waals surface area contributed by atoms with Crippen LogP contribution < -0.4 is 4.90 Å². The lowest BCUT2D eigenvalue weighted by Crippen LogP contribution is -2.53. The molecule has 1 unspecified atom stereocenters. The third-order valence-corrected chi connectivity index (χ3v) is 7.38. The molecule has 0 radical (unpaired) electrons. The van der Waals surface area contributed by atoms with E-state index in [2.05, 4.69) is 68.7 Å². The van der Waals surface area contributed by atoms with Crippen molar-refractivity contribution >= 4 is 5.69 Å². The summed E-state index contributed by atoms with van der Waals surface area (Å²) in [5.74, 6) is 0.758. The molecule has 3 aliphatic rings. The molecule has 0 saturated heterocycles. The molecular formula is C26H40N2. The maximum absolute atomic E-state index is 2.94. The first-order valence-electron chi connectivity index (χ1n) is 11.7. The zero-order valence-electron chi connectivity index (χ0n) is 18.8. The topological polar surface area (TPSA) is 6.48 Å². The Kier molecular flexibility index (Phi) is 5.51. The summed E-state index contributed by atoms with van der Waals surface area (Å²) in [5.41, 5.74) is 6.24. The van der Waals surface area contributed by atoms with Crippen LogP contribution in [0.5, 0.6) is 0 Å². The van der Waals surface area contributed by atoms with Gasteiger partial charge in [0, 0.05) is 34.5 Å². The van der Waals surface area contributed by atoms with Crippen LogP contribution >= 0.6 is 0 Å². The Labute approximate surface area is 173 Å². The Balaban J connectivity index is 1.85. The summed E-state index contributed by atoms with van der Waals surface area (Å²) < 4.78 is 0. The molecule has 2 fully saturated rings. The predicted octanol–water partition coefficient (Wildman–Crippen LogP) is 7.24. The van der Waals surface area contributed by atoms with Crippen molar-refractivity contribution in [3.05, 3.63) is 41.2 Å². The van der Waals surface area contributed by atoms with E-state index in [0.717, 1.165) is 12.0 Å². The second-order valence-electron chi connectivity index (χ2n) is 10.5. The van der Waals surface area contributed by atoms with Gasteiger partial charge in [-0.2, -0.15) is 0 Å². The molecule has 0 bridgehead atoms. The van der Waals surface area contributed by atoms with Gasteiger partial charge < -0.3 is 9.80 Å². The van der Waals surface area contributed by atoms with Crippen LogP contribution in [-0.2, 0) is 0 Å². The van der Waals surface area contributed by atoms with Gasteiger partial charge in [-0.3, -0.25) is 0 Å². The summed E-state index contributed by atoms with van der Waals surface area (Å²) in [6.07, 6.45) is 13.0. The second kappa shape index (κ2) is 7.76. The van der Waals surface area contributed by atoms with Crippen LogP contribution in [0.15, 0.2) is 35.7 Å². The molecular weight excluding hydrogens is 340 g/mol. The van der Waals surface area contributed by atoms with E-state index in [9.17, 15) is 0 Å². The fraction of sp³-hybridized carbons (Fsp3) is 0.692. The van der Waals surface area contributed by atoms with Crippen LogP contribution in [0.3, 0.4) is 0 Å². The first-order valence-corrected chi connectivity index (χ1v) is 11.7. The summed E-state index contributed by atoms with van der Waals surface area (Å²) in [5, 5.41) is 0. The molecule has 4 rings (SSSR count). The minimum atomic E-state index is 0.197. The smallest absolute Gasteiger partial charge is 0.111 e. The van der Waals surface area contributed by atoms with E-state index in [4.69, 9.17) is 0 Å². The summed E-state index contributed by atoms with van der Waals surface area (Å²) in [6.45, 7) is 12.0. The molecule has 2 nitrogen and oxygen atoms in total.